The molecule has 2 aromatic rings. The molecule has 0 spiro atoms. The zero-order valence-electron chi connectivity index (χ0n) is 11.3. The van der Waals surface area contributed by atoms with E-state index in [0.717, 1.165) is 11.3 Å². The van der Waals surface area contributed by atoms with Crippen LogP contribution in [-0.2, 0) is 11.3 Å². The smallest absolute Gasteiger partial charge is 0.411 e. The van der Waals surface area contributed by atoms with E-state index < -0.39 is 6.09 Å². The van der Waals surface area contributed by atoms with Gasteiger partial charge in [0.25, 0.3) is 0 Å². The van der Waals surface area contributed by atoms with Gasteiger partial charge in [0.2, 0.25) is 0 Å². The summed E-state index contributed by atoms with van der Waals surface area (Å²) in [4.78, 5) is 11.1. The molecule has 0 aromatic heterocycles. The first kappa shape index (κ1) is 15.5. The van der Waals surface area contributed by atoms with Crippen molar-refractivity contribution in [1.82, 2.24) is 0 Å². The molecule has 0 radical (unpaired) electrons. The van der Waals surface area contributed by atoms with Gasteiger partial charge in [-0.25, -0.2) is 4.79 Å². The Bertz CT molecular complexity index is 630. The first-order valence-electron chi connectivity index (χ1n) is 6.21. The highest BCUT2D eigenvalue weighted by molar-refractivity contribution is 6.33. The Kier molecular flexibility index (Phi) is 5.31. The number of hydrogen-bond acceptors (Lipinski definition) is 3. The molecule has 2 rings (SSSR count). The quantitative estimate of drug-likeness (QED) is 0.850. The molecule has 0 bridgehead atoms. The number of carbonyl (C=O) groups excluding carboxylic acids is 1. The fourth-order valence-corrected chi connectivity index (χ4v) is 2.10. The summed E-state index contributed by atoms with van der Waals surface area (Å²) in [6.45, 7) is 0.559. The Labute approximate surface area is 133 Å². The Morgan fingerprint density at radius 3 is 2.43 bits per heavy atom. The van der Waals surface area contributed by atoms with Crippen LogP contribution in [0.3, 0.4) is 0 Å². The molecule has 1 amide bonds. The number of amides is 1. The minimum absolute atomic E-state index is 0.499. The van der Waals surface area contributed by atoms with E-state index in [1.165, 1.54) is 7.11 Å². The zero-order chi connectivity index (χ0) is 15.2. The molecule has 110 valence electrons. The topological polar surface area (TPSA) is 50.4 Å². The van der Waals surface area contributed by atoms with Gasteiger partial charge in [-0.2, -0.15) is 0 Å². The Morgan fingerprint density at radius 1 is 1.10 bits per heavy atom. The predicted molar refractivity (Wildman–Crippen MR) is 86.3 cm³/mol. The molecule has 0 fully saturated rings. The maximum Gasteiger partial charge on any atom is 0.411 e. The summed E-state index contributed by atoms with van der Waals surface area (Å²) < 4.78 is 4.52. The minimum Gasteiger partial charge on any atom is -0.453 e. The largest absolute Gasteiger partial charge is 0.453 e. The molecule has 0 unspecified atom stereocenters. The number of carbonyl (C=O) groups is 1. The highest BCUT2D eigenvalue weighted by atomic mass is 35.5. The minimum atomic E-state index is -0.499. The molecule has 0 saturated heterocycles. The van der Waals surface area contributed by atoms with E-state index in [2.05, 4.69) is 15.4 Å². The monoisotopic (exact) mass is 324 g/mol. The summed E-state index contributed by atoms with van der Waals surface area (Å²) in [5.41, 5.74) is 2.48. The van der Waals surface area contributed by atoms with Gasteiger partial charge in [0.15, 0.2) is 0 Å². The Hall–Kier alpha value is -1.91. The molecular weight excluding hydrogens is 311 g/mol. The van der Waals surface area contributed by atoms with Gasteiger partial charge in [-0.05, 0) is 48.0 Å². The van der Waals surface area contributed by atoms with Crippen LogP contribution in [0.1, 0.15) is 5.56 Å². The van der Waals surface area contributed by atoms with Crippen molar-refractivity contribution >= 4 is 40.7 Å². The summed E-state index contributed by atoms with van der Waals surface area (Å²) in [7, 11) is 1.32. The highest BCUT2D eigenvalue weighted by Crippen LogP contribution is 2.22. The summed E-state index contributed by atoms with van der Waals surface area (Å²) in [6.07, 6.45) is -0.499. The molecule has 0 saturated carbocycles. The SMILES string of the molecule is COC(=O)Nc1ccc(NCc2cc(Cl)ccc2Cl)cc1. The molecule has 0 aliphatic heterocycles. The molecule has 21 heavy (non-hydrogen) atoms. The van der Waals surface area contributed by atoms with Gasteiger partial charge in [0, 0.05) is 28.0 Å². The van der Waals surface area contributed by atoms with E-state index in [1.807, 2.05) is 18.2 Å². The van der Waals surface area contributed by atoms with Gasteiger partial charge in [0.1, 0.15) is 0 Å². The van der Waals surface area contributed by atoms with Crippen LogP contribution in [0.2, 0.25) is 10.0 Å². The van der Waals surface area contributed by atoms with E-state index in [-0.39, 0.29) is 0 Å². The van der Waals surface area contributed by atoms with Crippen LogP contribution in [0.15, 0.2) is 42.5 Å². The Balaban J connectivity index is 1.97. The lowest BCUT2D eigenvalue weighted by molar-refractivity contribution is 0.187. The second kappa shape index (κ2) is 7.20. The Morgan fingerprint density at radius 2 is 1.76 bits per heavy atom. The van der Waals surface area contributed by atoms with Crippen molar-refractivity contribution in [3.63, 3.8) is 0 Å². The van der Waals surface area contributed by atoms with E-state index in [9.17, 15) is 4.79 Å². The summed E-state index contributed by atoms with van der Waals surface area (Å²) in [5, 5.41) is 7.13. The lowest BCUT2D eigenvalue weighted by Gasteiger charge is -2.09. The number of benzene rings is 2. The van der Waals surface area contributed by atoms with Crippen molar-refractivity contribution in [3.8, 4) is 0 Å². The normalized spacial score (nSPS) is 10.0. The zero-order valence-corrected chi connectivity index (χ0v) is 12.8. The number of anilines is 2. The molecule has 0 aliphatic rings. The van der Waals surface area contributed by atoms with Gasteiger partial charge >= 0.3 is 6.09 Å². The van der Waals surface area contributed by atoms with Gasteiger partial charge in [-0.3, -0.25) is 5.32 Å². The average molecular weight is 325 g/mol. The summed E-state index contributed by atoms with van der Waals surface area (Å²) in [6, 6.07) is 12.6. The number of halogens is 2. The maximum absolute atomic E-state index is 11.1. The second-order valence-electron chi connectivity index (χ2n) is 4.28. The van der Waals surface area contributed by atoms with Crippen LogP contribution in [0.25, 0.3) is 0 Å². The van der Waals surface area contributed by atoms with E-state index >= 15 is 0 Å². The fourth-order valence-electron chi connectivity index (χ4n) is 1.72. The first-order valence-corrected chi connectivity index (χ1v) is 6.97. The van der Waals surface area contributed by atoms with Crippen molar-refractivity contribution in [3.05, 3.63) is 58.1 Å². The third-order valence-corrected chi connectivity index (χ3v) is 3.41. The van der Waals surface area contributed by atoms with E-state index in [4.69, 9.17) is 23.2 Å². The van der Waals surface area contributed by atoms with Crippen molar-refractivity contribution in [2.24, 2.45) is 0 Å². The predicted octanol–water partition coefficient (Wildman–Crippen LogP) is 4.78. The fraction of sp³-hybridized carbons (Fsp3) is 0.133. The van der Waals surface area contributed by atoms with E-state index in [1.54, 1.807) is 24.3 Å². The molecule has 2 N–H and O–H groups in total. The van der Waals surface area contributed by atoms with Crippen LogP contribution >= 0.6 is 23.2 Å². The number of ether oxygens (including phenoxy) is 1. The van der Waals surface area contributed by atoms with Crippen molar-refractivity contribution in [2.75, 3.05) is 17.7 Å². The lowest BCUT2D eigenvalue weighted by Crippen LogP contribution is -2.10. The second-order valence-corrected chi connectivity index (χ2v) is 5.13. The summed E-state index contributed by atoms with van der Waals surface area (Å²) >= 11 is 12.0. The lowest BCUT2D eigenvalue weighted by atomic mass is 10.2. The molecule has 0 atom stereocenters. The van der Waals surface area contributed by atoms with Gasteiger partial charge < -0.3 is 10.1 Å². The first-order chi connectivity index (χ1) is 10.1. The molecule has 0 heterocycles. The molecule has 4 nitrogen and oxygen atoms in total. The van der Waals surface area contributed by atoms with Crippen LogP contribution in [0, 0.1) is 0 Å². The third kappa shape index (κ3) is 4.55. The highest BCUT2D eigenvalue weighted by Gasteiger charge is 2.03. The maximum atomic E-state index is 11.1. The third-order valence-electron chi connectivity index (χ3n) is 2.81. The average Bonchev–Trinajstić information content (AvgIpc) is 2.49. The van der Waals surface area contributed by atoms with Crippen LogP contribution in [0.4, 0.5) is 16.2 Å². The number of rotatable bonds is 4. The van der Waals surface area contributed by atoms with Gasteiger partial charge in [-0.15, -0.1) is 0 Å². The van der Waals surface area contributed by atoms with Crippen molar-refractivity contribution in [2.45, 2.75) is 6.54 Å². The van der Waals surface area contributed by atoms with Crippen LogP contribution in [-0.4, -0.2) is 13.2 Å². The number of methoxy groups -OCH3 is 1. The number of nitrogens with one attached hydrogen (secondary N) is 2. The van der Waals surface area contributed by atoms with Crippen molar-refractivity contribution in [1.29, 1.82) is 0 Å². The van der Waals surface area contributed by atoms with Crippen molar-refractivity contribution < 1.29 is 9.53 Å². The molecule has 2 aromatic carbocycles. The van der Waals surface area contributed by atoms with Gasteiger partial charge in [-0.1, -0.05) is 23.2 Å². The number of hydrogen-bond donors (Lipinski definition) is 2. The molecular formula is C15H14Cl2N2O2. The van der Waals surface area contributed by atoms with Gasteiger partial charge in [0.05, 0.1) is 7.11 Å². The standard InChI is InChI=1S/C15H14Cl2N2O2/c1-21-15(20)19-13-5-3-12(4-6-13)18-9-10-8-11(16)2-7-14(10)17/h2-8,18H,9H2,1H3,(H,19,20). The summed E-state index contributed by atoms with van der Waals surface area (Å²) in [5.74, 6) is 0. The van der Waals surface area contributed by atoms with Crippen LogP contribution in [0.5, 0.6) is 0 Å². The molecule has 6 heteroatoms. The van der Waals surface area contributed by atoms with E-state index in [0.29, 0.717) is 22.3 Å². The molecule has 0 aliphatic carbocycles. The van der Waals surface area contributed by atoms with Crippen LogP contribution < -0.4 is 10.6 Å².